The molecule has 2 nitrogen and oxygen atoms in total. The third-order valence-corrected chi connectivity index (χ3v) is 4.66. The van der Waals surface area contributed by atoms with Crippen molar-refractivity contribution < 1.29 is 4.39 Å². The smallest absolute Gasteiger partial charge is 0.127 e. The lowest BCUT2D eigenvalue weighted by Crippen LogP contribution is -2.39. The standard InChI is InChI=1S/C17H27FN2/c1-4-19-17-11-7-8-14(17)12-20(3)13(2)15-9-5-6-10-16(15)18/h5-6,9-10,13-14,17,19H,4,7-8,11-12H2,1-3H3. The number of rotatable bonds is 6. The molecule has 0 amide bonds. The number of benzene rings is 1. The van der Waals surface area contributed by atoms with Crippen LogP contribution >= 0.6 is 0 Å². The van der Waals surface area contributed by atoms with Gasteiger partial charge in [-0.1, -0.05) is 31.5 Å². The van der Waals surface area contributed by atoms with E-state index in [2.05, 4.69) is 31.1 Å². The Hall–Kier alpha value is -0.930. The Kier molecular flexibility index (Phi) is 5.55. The average molecular weight is 278 g/mol. The quantitative estimate of drug-likeness (QED) is 0.855. The summed E-state index contributed by atoms with van der Waals surface area (Å²) in [7, 11) is 2.11. The first-order chi connectivity index (χ1) is 9.63. The maximum Gasteiger partial charge on any atom is 0.127 e. The number of nitrogens with one attached hydrogen (secondary N) is 1. The third-order valence-electron chi connectivity index (χ3n) is 4.66. The lowest BCUT2D eigenvalue weighted by atomic mass is 10.0. The first-order valence-corrected chi connectivity index (χ1v) is 7.81. The zero-order chi connectivity index (χ0) is 14.5. The summed E-state index contributed by atoms with van der Waals surface area (Å²) in [5.41, 5.74) is 0.799. The van der Waals surface area contributed by atoms with E-state index >= 15 is 0 Å². The van der Waals surface area contributed by atoms with Gasteiger partial charge in [0.25, 0.3) is 0 Å². The van der Waals surface area contributed by atoms with Crippen LogP contribution in [0.25, 0.3) is 0 Å². The van der Waals surface area contributed by atoms with Crippen molar-refractivity contribution in [3.8, 4) is 0 Å². The number of nitrogens with zero attached hydrogens (tertiary/aromatic N) is 1. The second-order valence-corrected chi connectivity index (χ2v) is 5.99. The zero-order valence-electron chi connectivity index (χ0n) is 12.9. The topological polar surface area (TPSA) is 15.3 Å². The molecular weight excluding hydrogens is 251 g/mol. The highest BCUT2D eigenvalue weighted by molar-refractivity contribution is 5.20. The van der Waals surface area contributed by atoms with Crippen molar-refractivity contribution in [3.05, 3.63) is 35.6 Å². The van der Waals surface area contributed by atoms with Gasteiger partial charge in [-0.05, 0) is 45.3 Å². The summed E-state index contributed by atoms with van der Waals surface area (Å²) >= 11 is 0. The summed E-state index contributed by atoms with van der Waals surface area (Å²) in [6.45, 7) is 6.33. The highest BCUT2D eigenvalue weighted by Crippen LogP contribution is 2.29. The predicted octanol–water partition coefficient (Wildman–Crippen LogP) is 3.60. The molecule has 2 rings (SSSR count). The van der Waals surface area contributed by atoms with Gasteiger partial charge in [0.2, 0.25) is 0 Å². The van der Waals surface area contributed by atoms with E-state index in [1.807, 2.05) is 12.1 Å². The maximum absolute atomic E-state index is 13.9. The molecule has 0 saturated heterocycles. The van der Waals surface area contributed by atoms with E-state index in [-0.39, 0.29) is 11.9 Å². The van der Waals surface area contributed by atoms with Gasteiger partial charge in [-0.15, -0.1) is 0 Å². The Morgan fingerprint density at radius 2 is 2.10 bits per heavy atom. The first kappa shape index (κ1) is 15.5. The van der Waals surface area contributed by atoms with Crippen LogP contribution in [0.5, 0.6) is 0 Å². The Labute approximate surface area is 122 Å². The largest absolute Gasteiger partial charge is 0.314 e. The van der Waals surface area contributed by atoms with E-state index in [0.29, 0.717) is 12.0 Å². The zero-order valence-corrected chi connectivity index (χ0v) is 12.9. The van der Waals surface area contributed by atoms with E-state index in [1.54, 1.807) is 12.1 Å². The van der Waals surface area contributed by atoms with E-state index in [9.17, 15) is 4.39 Å². The van der Waals surface area contributed by atoms with Gasteiger partial charge in [-0.2, -0.15) is 0 Å². The van der Waals surface area contributed by atoms with E-state index in [4.69, 9.17) is 0 Å². The molecule has 1 aliphatic carbocycles. The van der Waals surface area contributed by atoms with Crippen molar-refractivity contribution in [1.29, 1.82) is 0 Å². The fourth-order valence-electron chi connectivity index (χ4n) is 3.37. The minimum absolute atomic E-state index is 0.0958. The number of halogens is 1. The fraction of sp³-hybridized carbons (Fsp3) is 0.647. The average Bonchev–Trinajstić information content (AvgIpc) is 2.86. The van der Waals surface area contributed by atoms with E-state index in [0.717, 1.165) is 18.7 Å². The van der Waals surface area contributed by atoms with Gasteiger partial charge in [0, 0.05) is 24.2 Å². The lowest BCUT2D eigenvalue weighted by molar-refractivity contribution is 0.201. The molecule has 1 fully saturated rings. The van der Waals surface area contributed by atoms with Crippen LogP contribution in [0.2, 0.25) is 0 Å². The third kappa shape index (κ3) is 3.58. The van der Waals surface area contributed by atoms with Crippen molar-refractivity contribution in [2.24, 2.45) is 5.92 Å². The highest BCUT2D eigenvalue weighted by Gasteiger charge is 2.28. The molecule has 0 heterocycles. The van der Waals surface area contributed by atoms with Gasteiger partial charge in [0.1, 0.15) is 5.82 Å². The molecule has 3 atom stereocenters. The molecule has 1 saturated carbocycles. The van der Waals surface area contributed by atoms with Crippen LogP contribution < -0.4 is 5.32 Å². The minimum Gasteiger partial charge on any atom is -0.314 e. The van der Waals surface area contributed by atoms with Crippen LogP contribution in [0.15, 0.2) is 24.3 Å². The molecule has 0 bridgehead atoms. The Bertz CT molecular complexity index is 421. The Balaban J connectivity index is 1.97. The van der Waals surface area contributed by atoms with Crippen LogP contribution in [0.1, 0.15) is 44.7 Å². The molecule has 1 aliphatic rings. The molecular formula is C17H27FN2. The maximum atomic E-state index is 13.9. The first-order valence-electron chi connectivity index (χ1n) is 7.81. The second-order valence-electron chi connectivity index (χ2n) is 5.99. The number of hydrogen-bond donors (Lipinski definition) is 1. The minimum atomic E-state index is -0.0958. The Morgan fingerprint density at radius 1 is 1.35 bits per heavy atom. The fourth-order valence-corrected chi connectivity index (χ4v) is 3.37. The van der Waals surface area contributed by atoms with Gasteiger partial charge in [0.05, 0.1) is 0 Å². The van der Waals surface area contributed by atoms with E-state index in [1.165, 1.54) is 19.3 Å². The molecule has 1 aromatic carbocycles. The molecule has 0 radical (unpaired) electrons. The van der Waals surface area contributed by atoms with Crippen molar-refractivity contribution >= 4 is 0 Å². The summed E-state index contributed by atoms with van der Waals surface area (Å²) in [6, 6.07) is 7.88. The SMILES string of the molecule is CCNC1CCCC1CN(C)C(C)c1ccccc1F. The highest BCUT2D eigenvalue weighted by atomic mass is 19.1. The molecule has 0 aromatic heterocycles. The summed E-state index contributed by atoms with van der Waals surface area (Å²) in [4.78, 5) is 2.29. The van der Waals surface area contributed by atoms with Crippen molar-refractivity contribution in [2.45, 2.75) is 45.2 Å². The van der Waals surface area contributed by atoms with Crippen LogP contribution in [0.4, 0.5) is 4.39 Å². The molecule has 3 heteroatoms. The van der Waals surface area contributed by atoms with Gasteiger partial charge in [0.15, 0.2) is 0 Å². The van der Waals surface area contributed by atoms with Crippen LogP contribution in [-0.2, 0) is 0 Å². The molecule has 0 spiro atoms. The summed E-state index contributed by atoms with van der Waals surface area (Å²) < 4.78 is 13.9. The van der Waals surface area contributed by atoms with E-state index < -0.39 is 0 Å². The lowest BCUT2D eigenvalue weighted by Gasteiger charge is -2.30. The monoisotopic (exact) mass is 278 g/mol. The normalized spacial score (nSPS) is 24.2. The second kappa shape index (κ2) is 7.19. The molecule has 112 valence electrons. The summed E-state index contributed by atoms with van der Waals surface area (Å²) in [6.07, 6.45) is 3.87. The Morgan fingerprint density at radius 3 is 2.80 bits per heavy atom. The summed E-state index contributed by atoms with van der Waals surface area (Å²) in [5.74, 6) is 0.593. The van der Waals surface area contributed by atoms with Crippen molar-refractivity contribution in [2.75, 3.05) is 20.1 Å². The molecule has 1 N–H and O–H groups in total. The predicted molar refractivity (Wildman–Crippen MR) is 82.3 cm³/mol. The molecule has 1 aromatic rings. The van der Waals surface area contributed by atoms with Gasteiger partial charge < -0.3 is 5.32 Å². The molecule has 3 unspecified atom stereocenters. The van der Waals surface area contributed by atoms with Crippen LogP contribution in [-0.4, -0.2) is 31.1 Å². The van der Waals surface area contributed by atoms with Gasteiger partial charge >= 0.3 is 0 Å². The number of hydrogen-bond acceptors (Lipinski definition) is 2. The molecule has 0 aliphatic heterocycles. The van der Waals surface area contributed by atoms with Crippen LogP contribution in [0.3, 0.4) is 0 Å². The molecule has 20 heavy (non-hydrogen) atoms. The van der Waals surface area contributed by atoms with Crippen LogP contribution in [0, 0.1) is 11.7 Å². The summed E-state index contributed by atoms with van der Waals surface area (Å²) in [5, 5.41) is 3.59. The van der Waals surface area contributed by atoms with Gasteiger partial charge in [-0.25, -0.2) is 4.39 Å². The van der Waals surface area contributed by atoms with Crippen molar-refractivity contribution in [3.63, 3.8) is 0 Å². The van der Waals surface area contributed by atoms with Gasteiger partial charge in [-0.3, -0.25) is 4.90 Å². The van der Waals surface area contributed by atoms with Crippen molar-refractivity contribution in [1.82, 2.24) is 10.2 Å².